The Balaban J connectivity index is 2.42. The summed E-state index contributed by atoms with van der Waals surface area (Å²) in [6.45, 7) is 12.3. The van der Waals surface area contributed by atoms with E-state index in [2.05, 4.69) is 37.9 Å². The van der Waals surface area contributed by atoms with Gasteiger partial charge in [0.15, 0.2) is 0 Å². The summed E-state index contributed by atoms with van der Waals surface area (Å²) in [4.78, 5) is 15.6. The van der Waals surface area contributed by atoms with Crippen molar-refractivity contribution in [3.8, 4) is 0 Å². The molecule has 0 saturated carbocycles. The summed E-state index contributed by atoms with van der Waals surface area (Å²) in [6.07, 6.45) is 30.0. The van der Waals surface area contributed by atoms with Gasteiger partial charge in [0.05, 0.1) is 0 Å². The van der Waals surface area contributed by atoms with E-state index in [1.807, 2.05) is 0 Å². The van der Waals surface area contributed by atoms with Gasteiger partial charge in [-0.2, -0.15) is 0 Å². The van der Waals surface area contributed by atoms with Crippen LogP contribution in [0.5, 0.6) is 0 Å². The third kappa shape index (κ3) is 17.6. The molecule has 1 saturated heterocycles. The molecule has 1 aliphatic rings. The van der Waals surface area contributed by atoms with Gasteiger partial charge in [-0.1, -0.05) is 137 Å². The zero-order chi connectivity index (χ0) is 27.0. The lowest BCUT2D eigenvalue weighted by atomic mass is 9.91. The highest BCUT2D eigenvalue weighted by Gasteiger charge is 2.28. The van der Waals surface area contributed by atoms with Crippen LogP contribution in [0.1, 0.15) is 175 Å². The molecule has 0 bridgehead atoms. The van der Waals surface area contributed by atoms with Gasteiger partial charge in [-0.3, -0.25) is 4.79 Å². The number of nitrogens with zero attached hydrogens (tertiary/aromatic N) is 1. The average molecular weight is 521 g/mol. The summed E-state index contributed by atoms with van der Waals surface area (Å²) < 4.78 is 0. The van der Waals surface area contributed by atoms with Gasteiger partial charge in [-0.15, -0.1) is 0 Å². The summed E-state index contributed by atoms with van der Waals surface area (Å²) in [5, 5.41) is 4.01. The highest BCUT2D eigenvalue weighted by atomic mass is 16.2. The van der Waals surface area contributed by atoms with Crippen molar-refractivity contribution >= 4 is 5.91 Å². The number of amides is 1. The van der Waals surface area contributed by atoms with Crippen molar-refractivity contribution in [1.29, 1.82) is 0 Å². The molecular formula is C34H68N2O. The molecule has 0 aliphatic carbocycles. The molecular weight excluding hydrogens is 452 g/mol. The van der Waals surface area contributed by atoms with Crippen LogP contribution in [0.25, 0.3) is 0 Å². The molecule has 3 heteroatoms. The van der Waals surface area contributed by atoms with Crippen LogP contribution < -0.4 is 5.32 Å². The molecule has 1 atom stereocenters. The van der Waals surface area contributed by atoms with Gasteiger partial charge in [0.1, 0.15) is 0 Å². The molecule has 37 heavy (non-hydrogen) atoms. The maximum Gasteiger partial charge on any atom is 0.225 e. The fraction of sp³-hybridized carbons (Fsp3) is 0.971. The minimum Gasteiger partial charge on any atom is -0.342 e. The summed E-state index contributed by atoms with van der Waals surface area (Å²) in [5.74, 6) is 1.50. The predicted octanol–water partition coefficient (Wildman–Crippen LogP) is 10.1. The van der Waals surface area contributed by atoms with Crippen LogP contribution >= 0.6 is 0 Å². The first-order valence-electron chi connectivity index (χ1n) is 17.2. The Morgan fingerprint density at radius 1 is 0.622 bits per heavy atom. The molecule has 0 radical (unpaired) electrons. The van der Waals surface area contributed by atoms with Crippen LogP contribution in [-0.4, -0.2) is 36.5 Å². The Hall–Kier alpha value is -0.570. The van der Waals surface area contributed by atoms with Crippen LogP contribution in [0.4, 0.5) is 0 Å². The van der Waals surface area contributed by atoms with Gasteiger partial charge in [0, 0.05) is 25.0 Å². The molecule has 1 rings (SSSR count). The summed E-state index contributed by atoms with van der Waals surface area (Å²) in [7, 11) is 0. The second-order valence-corrected chi connectivity index (χ2v) is 12.3. The van der Waals surface area contributed by atoms with E-state index in [1.165, 1.54) is 135 Å². The van der Waals surface area contributed by atoms with Gasteiger partial charge in [-0.05, 0) is 51.0 Å². The van der Waals surface area contributed by atoms with Crippen LogP contribution in [0.2, 0.25) is 0 Å². The minimum atomic E-state index is 0.279. The Bertz CT molecular complexity index is 486. The van der Waals surface area contributed by atoms with E-state index in [9.17, 15) is 4.79 Å². The maximum atomic E-state index is 13.4. The molecule has 1 N–H and O–H groups in total. The van der Waals surface area contributed by atoms with Crippen LogP contribution in [-0.2, 0) is 4.79 Å². The molecule has 0 spiro atoms. The van der Waals surface area contributed by atoms with E-state index in [4.69, 9.17) is 0 Å². The Kier molecular flexibility index (Phi) is 22.8. The number of carbonyl (C=O) groups excluding carboxylic acids is 1. The van der Waals surface area contributed by atoms with Crippen LogP contribution in [0.15, 0.2) is 0 Å². The fourth-order valence-electron chi connectivity index (χ4n) is 6.12. The number of unbranched alkanes of at least 4 members (excludes halogenated alkanes) is 13. The van der Waals surface area contributed by atoms with Crippen molar-refractivity contribution in [3.05, 3.63) is 0 Å². The van der Waals surface area contributed by atoms with Crippen molar-refractivity contribution in [1.82, 2.24) is 10.2 Å². The van der Waals surface area contributed by atoms with Crippen molar-refractivity contribution in [3.63, 3.8) is 0 Å². The van der Waals surface area contributed by atoms with E-state index in [1.54, 1.807) is 0 Å². The monoisotopic (exact) mass is 521 g/mol. The summed E-state index contributed by atoms with van der Waals surface area (Å²) in [6, 6.07) is 0.703. The van der Waals surface area contributed by atoms with Gasteiger partial charge >= 0.3 is 0 Å². The lowest BCUT2D eigenvalue weighted by Gasteiger charge is -2.35. The standard InChI is InChI=1S/C34H68N2O/c1-5-9-13-16-19-23-32(22-12-8-4)34(37)36-28-26-31(27-29-36)30-35-33(24-20-17-14-10-6-2)25-21-18-15-11-7-3/h31-33,35H,5-30H2,1-4H3. The largest absolute Gasteiger partial charge is 0.342 e. The fourth-order valence-corrected chi connectivity index (χ4v) is 6.12. The number of rotatable bonds is 25. The number of hydrogen-bond acceptors (Lipinski definition) is 2. The Labute approximate surface area is 233 Å². The Morgan fingerprint density at radius 3 is 1.54 bits per heavy atom. The van der Waals surface area contributed by atoms with Crippen molar-refractivity contribution in [2.45, 2.75) is 181 Å². The SMILES string of the molecule is CCCCCCCC(CCCCCCC)NCC1CCN(C(=O)C(CCCC)CCCCCCC)CC1. The van der Waals surface area contributed by atoms with Crippen molar-refractivity contribution < 1.29 is 4.79 Å². The average Bonchev–Trinajstić information content (AvgIpc) is 2.92. The van der Waals surface area contributed by atoms with Gasteiger partial charge < -0.3 is 10.2 Å². The zero-order valence-corrected chi connectivity index (χ0v) is 26.0. The third-order valence-corrected chi connectivity index (χ3v) is 8.85. The van der Waals surface area contributed by atoms with Gasteiger partial charge in [-0.25, -0.2) is 0 Å². The number of nitrogens with one attached hydrogen (secondary N) is 1. The smallest absolute Gasteiger partial charge is 0.225 e. The first-order chi connectivity index (χ1) is 18.2. The molecule has 1 heterocycles. The lowest BCUT2D eigenvalue weighted by Crippen LogP contribution is -2.44. The highest BCUT2D eigenvalue weighted by Crippen LogP contribution is 2.24. The predicted molar refractivity (Wildman–Crippen MR) is 164 cm³/mol. The van der Waals surface area contributed by atoms with Gasteiger partial charge in [0.2, 0.25) is 5.91 Å². The van der Waals surface area contributed by atoms with Crippen LogP contribution in [0.3, 0.4) is 0 Å². The van der Waals surface area contributed by atoms with E-state index < -0.39 is 0 Å². The molecule has 1 unspecified atom stereocenters. The minimum absolute atomic E-state index is 0.279. The van der Waals surface area contributed by atoms with Crippen LogP contribution in [0, 0.1) is 11.8 Å². The summed E-state index contributed by atoms with van der Waals surface area (Å²) >= 11 is 0. The third-order valence-electron chi connectivity index (χ3n) is 8.85. The first-order valence-corrected chi connectivity index (χ1v) is 17.2. The number of carbonyl (C=O) groups is 1. The normalized spacial score (nSPS) is 15.5. The van der Waals surface area contributed by atoms with E-state index in [-0.39, 0.29) is 5.92 Å². The molecule has 0 aromatic heterocycles. The molecule has 1 fully saturated rings. The second-order valence-electron chi connectivity index (χ2n) is 12.3. The second kappa shape index (κ2) is 24.5. The lowest BCUT2D eigenvalue weighted by molar-refractivity contribution is -0.137. The molecule has 1 amide bonds. The molecule has 3 nitrogen and oxygen atoms in total. The van der Waals surface area contributed by atoms with E-state index >= 15 is 0 Å². The topological polar surface area (TPSA) is 32.3 Å². The van der Waals surface area contributed by atoms with E-state index in [0.717, 1.165) is 38.4 Å². The molecule has 220 valence electrons. The number of likely N-dealkylation sites (tertiary alicyclic amines) is 1. The number of hydrogen-bond donors (Lipinski definition) is 1. The molecule has 1 aliphatic heterocycles. The quantitative estimate of drug-likeness (QED) is 0.121. The van der Waals surface area contributed by atoms with E-state index in [0.29, 0.717) is 11.9 Å². The Morgan fingerprint density at radius 2 is 1.05 bits per heavy atom. The van der Waals surface area contributed by atoms with Crippen molar-refractivity contribution in [2.75, 3.05) is 19.6 Å². The molecule has 0 aromatic rings. The first kappa shape index (κ1) is 34.5. The van der Waals surface area contributed by atoms with Crippen molar-refractivity contribution in [2.24, 2.45) is 11.8 Å². The molecule has 0 aromatic carbocycles. The summed E-state index contributed by atoms with van der Waals surface area (Å²) in [5.41, 5.74) is 0. The van der Waals surface area contributed by atoms with Gasteiger partial charge in [0.25, 0.3) is 0 Å². The number of piperidine rings is 1. The maximum absolute atomic E-state index is 13.4. The highest BCUT2D eigenvalue weighted by molar-refractivity contribution is 5.78. The zero-order valence-electron chi connectivity index (χ0n) is 26.0.